The molecule has 0 saturated carbocycles. The van der Waals surface area contributed by atoms with Crippen LogP contribution >= 0.6 is 11.3 Å². The van der Waals surface area contributed by atoms with E-state index in [4.69, 9.17) is 34.2 Å². The molecular weight excluding hydrogens is 536 g/mol. The number of ether oxygens (including phenoxy) is 6. The maximum atomic E-state index is 12.6. The smallest absolute Gasteiger partial charge is 0.353 e. The molecule has 2 aromatic heterocycles. The van der Waals surface area contributed by atoms with E-state index in [0.717, 1.165) is 0 Å². The number of methoxy groups -OCH3 is 4. The van der Waals surface area contributed by atoms with Crippen LogP contribution in [0.25, 0.3) is 11.3 Å². The summed E-state index contributed by atoms with van der Waals surface area (Å²) in [6, 6.07) is 14.2. The molecule has 0 unspecified atom stereocenters. The highest BCUT2D eigenvalue weighted by molar-refractivity contribution is 7.12. The quantitative estimate of drug-likeness (QED) is 0.231. The summed E-state index contributed by atoms with van der Waals surface area (Å²) in [4.78, 5) is 13.0. The van der Waals surface area contributed by atoms with Crippen molar-refractivity contribution in [3.05, 3.63) is 75.3 Å². The molecule has 3 N–H and O–H groups in total. The molecule has 0 bridgehead atoms. The Balaban J connectivity index is 1.63. The number of esters is 1. The summed E-state index contributed by atoms with van der Waals surface area (Å²) in [7, 11) is 6.02. The van der Waals surface area contributed by atoms with Crippen molar-refractivity contribution in [1.29, 1.82) is 5.26 Å². The number of thiophene rings is 1. The number of nitrogens with two attached hydrogens (primary N) is 1. The van der Waals surface area contributed by atoms with Gasteiger partial charge < -0.3 is 34.2 Å². The van der Waals surface area contributed by atoms with Crippen LogP contribution in [0.1, 0.15) is 26.7 Å². The van der Waals surface area contributed by atoms with Crippen LogP contribution in [0.5, 0.6) is 34.6 Å². The first kappa shape index (κ1) is 26.5. The van der Waals surface area contributed by atoms with E-state index in [-0.39, 0.29) is 23.1 Å². The summed E-state index contributed by atoms with van der Waals surface area (Å²) < 4.78 is 33.4. The maximum Gasteiger partial charge on any atom is 0.353 e. The van der Waals surface area contributed by atoms with Crippen LogP contribution in [-0.4, -0.2) is 44.6 Å². The number of H-pyrrole nitrogens is 1. The summed E-state index contributed by atoms with van der Waals surface area (Å²) in [5, 5.41) is 19.2. The fourth-order valence-electron chi connectivity index (χ4n) is 4.52. The highest BCUT2D eigenvalue weighted by Gasteiger charge is 2.36. The third-order valence-electron chi connectivity index (χ3n) is 6.34. The van der Waals surface area contributed by atoms with E-state index in [9.17, 15) is 10.1 Å². The minimum Gasteiger partial charge on any atom is -0.493 e. The molecule has 1 aliphatic heterocycles. The van der Waals surface area contributed by atoms with Crippen LogP contribution in [-0.2, 0) is 0 Å². The lowest BCUT2D eigenvalue weighted by molar-refractivity contribution is 0.0734. The third kappa shape index (κ3) is 4.52. The SMILES string of the molecule is COc1cc([C@@H]2C(C#N)=C(N)Oc3n[nH]c(-c4cc(OC)c(OC)c(OC)c4)c32)ccc1OC(=O)c1cccs1. The standard InChI is InChI=1S/C28H24N4O7S/c1-34-18-10-14(7-8-17(18)38-28(33)21-6-5-9-40-21)22-16(13-29)26(30)39-27-23(22)24(31-32-27)15-11-19(35-2)25(37-4)20(12-15)36-3/h5-12,22H,30H2,1-4H3,(H,31,32)/t22-/m1/s1. The number of benzene rings is 2. The van der Waals surface area contributed by atoms with Crippen molar-refractivity contribution < 1.29 is 33.2 Å². The first-order chi connectivity index (χ1) is 19.4. The molecule has 1 aliphatic rings. The Morgan fingerprint density at radius 2 is 1.75 bits per heavy atom. The van der Waals surface area contributed by atoms with Crippen molar-refractivity contribution >= 4 is 17.3 Å². The minimum atomic E-state index is -0.697. The van der Waals surface area contributed by atoms with E-state index in [1.54, 1.807) is 47.8 Å². The summed E-state index contributed by atoms with van der Waals surface area (Å²) in [6.07, 6.45) is 0. The maximum absolute atomic E-state index is 12.6. The number of carbonyl (C=O) groups excluding carboxylic acids is 1. The number of nitriles is 1. The predicted octanol–water partition coefficient (Wildman–Crippen LogP) is 4.61. The fourth-order valence-corrected chi connectivity index (χ4v) is 5.12. The van der Waals surface area contributed by atoms with Gasteiger partial charge in [0.2, 0.25) is 17.5 Å². The monoisotopic (exact) mass is 560 g/mol. The van der Waals surface area contributed by atoms with E-state index in [1.165, 1.54) is 39.8 Å². The second-order valence-electron chi connectivity index (χ2n) is 8.43. The van der Waals surface area contributed by atoms with Gasteiger partial charge in [-0.15, -0.1) is 16.4 Å². The third-order valence-corrected chi connectivity index (χ3v) is 7.19. The molecule has 0 amide bonds. The number of nitrogens with zero attached hydrogens (tertiary/aromatic N) is 2. The molecule has 2 aromatic carbocycles. The Hall–Kier alpha value is -5.15. The van der Waals surface area contributed by atoms with Gasteiger partial charge >= 0.3 is 5.97 Å². The topological polar surface area (TPSA) is 151 Å². The Bertz CT molecular complexity index is 1630. The molecule has 3 heterocycles. The van der Waals surface area contributed by atoms with Gasteiger partial charge in [0.05, 0.1) is 45.6 Å². The molecule has 0 aliphatic carbocycles. The fraction of sp³-hybridized carbons (Fsp3) is 0.179. The van der Waals surface area contributed by atoms with Crippen molar-refractivity contribution in [1.82, 2.24) is 10.2 Å². The average Bonchev–Trinajstić information content (AvgIpc) is 3.66. The van der Waals surface area contributed by atoms with Gasteiger partial charge in [0, 0.05) is 5.56 Å². The molecule has 5 rings (SSSR count). The van der Waals surface area contributed by atoms with Crippen molar-refractivity contribution in [2.45, 2.75) is 5.92 Å². The number of fused-ring (bicyclic) bond motifs is 1. The van der Waals surface area contributed by atoms with Gasteiger partial charge in [-0.1, -0.05) is 12.1 Å². The van der Waals surface area contributed by atoms with Crippen LogP contribution in [0.2, 0.25) is 0 Å². The summed E-state index contributed by atoms with van der Waals surface area (Å²) >= 11 is 1.27. The average molecular weight is 561 g/mol. The number of rotatable bonds is 8. The molecule has 204 valence electrons. The molecule has 0 spiro atoms. The highest BCUT2D eigenvalue weighted by Crippen LogP contribution is 2.49. The predicted molar refractivity (Wildman–Crippen MR) is 145 cm³/mol. The van der Waals surface area contributed by atoms with Gasteiger partial charge in [-0.3, -0.25) is 5.10 Å². The molecule has 40 heavy (non-hydrogen) atoms. The van der Waals surface area contributed by atoms with Crippen LogP contribution in [0, 0.1) is 11.3 Å². The van der Waals surface area contributed by atoms with E-state index in [0.29, 0.717) is 50.3 Å². The lowest BCUT2D eigenvalue weighted by atomic mass is 9.83. The molecule has 4 aromatic rings. The van der Waals surface area contributed by atoms with Crippen LogP contribution in [0.4, 0.5) is 0 Å². The lowest BCUT2D eigenvalue weighted by Crippen LogP contribution is -2.21. The summed E-state index contributed by atoms with van der Waals surface area (Å²) in [6.45, 7) is 0. The van der Waals surface area contributed by atoms with Gasteiger partial charge in [0.15, 0.2) is 23.0 Å². The van der Waals surface area contributed by atoms with Crippen molar-refractivity contribution in [2.75, 3.05) is 28.4 Å². The van der Waals surface area contributed by atoms with E-state index < -0.39 is 11.9 Å². The molecule has 1 atom stereocenters. The molecule has 0 saturated heterocycles. The summed E-state index contributed by atoms with van der Waals surface area (Å²) in [5.41, 5.74) is 8.71. The van der Waals surface area contributed by atoms with Gasteiger partial charge in [-0.25, -0.2) is 4.79 Å². The molecule has 0 fully saturated rings. The van der Waals surface area contributed by atoms with E-state index >= 15 is 0 Å². The summed E-state index contributed by atoms with van der Waals surface area (Å²) in [5.74, 6) is 0.744. The molecular formula is C28H24N4O7S. The number of aromatic nitrogens is 2. The largest absolute Gasteiger partial charge is 0.493 e. The Morgan fingerprint density at radius 1 is 1.02 bits per heavy atom. The van der Waals surface area contributed by atoms with Gasteiger partial charge in [0.1, 0.15) is 16.5 Å². The Kier molecular flexibility index (Phi) is 7.22. The number of hydrogen-bond donors (Lipinski definition) is 2. The number of carbonyl (C=O) groups is 1. The molecule has 11 nitrogen and oxygen atoms in total. The number of nitrogens with one attached hydrogen (secondary N) is 1. The van der Waals surface area contributed by atoms with E-state index in [1.807, 2.05) is 0 Å². The van der Waals surface area contributed by atoms with Gasteiger partial charge in [0.25, 0.3) is 0 Å². The van der Waals surface area contributed by atoms with E-state index in [2.05, 4.69) is 16.3 Å². The number of hydrogen-bond acceptors (Lipinski definition) is 11. The normalized spacial score (nSPS) is 14.0. The number of aromatic amines is 1. The van der Waals surface area contributed by atoms with Crippen molar-refractivity contribution in [3.8, 4) is 52.0 Å². The Morgan fingerprint density at radius 3 is 2.35 bits per heavy atom. The zero-order chi connectivity index (χ0) is 28.4. The first-order valence-corrected chi connectivity index (χ1v) is 12.7. The first-order valence-electron chi connectivity index (χ1n) is 11.8. The van der Waals surface area contributed by atoms with Crippen LogP contribution < -0.4 is 34.2 Å². The molecule has 12 heteroatoms. The van der Waals surface area contributed by atoms with Crippen molar-refractivity contribution in [2.24, 2.45) is 5.73 Å². The van der Waals surface area contributed by atoms with Crippen molar-refractivity contribution in [3.63, 3.8) is 0 Å². The van der Waals surface area contributed by atoms with Gasteiger partial charge in [-0.2, -0.15) is 5.26 Å². The second kappa shape index (κ2) is 10.9. The molecule has 0 radical (unpaired) electrons. The van der Waals surface area contributed by atoms with Crippen LogP contribution in [0.15, 0.2) is 59.3 Å². The Labute approximate surface area is 233 Å². The zero-order valence-electron chi connectivity index (χ0n) is 21.9. The zero-order valence-corrected chi connectivity index (χ0v) is 22.8. The van der Waals surface area contributed by atoms with Crippen LogP contribution in [0.3, 0.4) is 0 Å². The lowest BCUT2D eigenvalue weighted by Gasteiger charge is -2.25. The highest BCUT2D eigenvalue weighted by atomic mass is 32.1. The second-order valence-corrected chi connectivity index (χ2v) is 9.38. The number of allylic oxidation sites excluding steroid dienone is 1. The van der Waals surface area contributed by atoms with Gasteiger partial charge in [-0.05, 0) is 41.3 Å². The minimum absolute atomic E-state index is 0.0740.